The van der Waals surface area contributed by atoms with Crippen molar-refractivity contribution in [1.82, 2.24) is 10.2 Å². The van der Waals surface area contributed by atoms with E-state index in [4.69, 9.17) is 4.42 Å². The third-order valence-corrected chi connectivity index (χ3v) is 4.30. The van der Waals surface area contributed by atoms with Crippen molar-refractivity contribution in [3.05, 3.63) is 35.6 Å². The van der Waals surface area contributed by atoms with E-state index in [1.165, 1.54) is 30.3 Å². The Morgan fingerprint density at radius 2 is 2.20 bits per heavy atom. The fourth-order valence-corrected chi connectivity index (χ4v) is 3.27. The summed E-state index contributed by atoms with van der Waals surface area (Å²) in [6, 6.07) is 8.34. The van der Waals surface area contributed by atoms with Gasteiger partial charge in [-0.05, 0) is 51.9 Å². The van der Waals surface area contributed by atoms with Crippen LogP contribution in [-0.2, 0) is 6.54 Å². The summed E-state index contributed by atoms with van der Waals surface area (Å²) in [5.41, 5.74) is 2.35. The SMILES string of the molecule is Cc1oc2ccccc2c1CN(C)CC1CCCNC1. The second kappa shape index (κ2) is 5.98. The van der Waals surface area contributed by atoms with E-state index in [9.17, 15) is 0 Å². The third-order valence-electron chi connectivity index (χ3n) is 4.30. The van der Waals surface area contributed by atoms with Gasteiger partial charge in [0.15, 0.2) is 0 Å². The topological polar surface area (TPSA) is 28.4 Å². The van der Waals surface area contributed by atoms with Crippen LogP contribution in [0.3, 0.4) is 0 Å². The predicted octanol–water partition coefficient (Wildman–Crippen LogP) is 3.17. The van der Waals surface area contributed by atoms with Crippen molar-refractivity contribution in [3.8, 4) is 0 Å². The zero-order chi connectivity index (χ0) is 13.9. The number of piperidine rings is 1. The molecule has 2 heterocycles. The van der Waals surface area contributed by atoms with Gasteiger partial charge in [0.2, 0.25) is 0 Å². The molecule has 0 amide bonds. The lowest BCUT2D eigenvalue weighted by Crippen LogP contribution is -2.36. The number of rotatable bonds is 4. The second-order valence-corrected chi connectivity index (χ2v) is 6.04. The van der Waals surface area contributed by atoms with E-state index >= 15 is 0 Å². The molecular weight excluding hydrogens is 248 g/mol. The number of nitrogens with zero attached hydrogens (tertiary/aromatic N) is 1. The Morgan fingerprint density at radius 3 is 3.00 bits per heavy atom. The van der Waals surface area contributed by atoms with Crippen molar-refractivity contribution < 1.29 is 4.42 Å². The molecule has 3 heteroatoms. The van der Waals surface area contributed by atoms with Crippen LogP contribution in [0.1, 0.15) is 24.2 Å². The molecule has 1 aromatic heterocycles. The molecular formula is C17H24N2O. The molecule has 2 aromatic rings. The standard InChI is InChI=1S/C17H24N2O/c1-13-16(15-7-3-4-8-17(15)20-13)12-19(2)11-14-6-5-9-18-10-14/h3-4,7-8,14,18H,5-6,9-12H2,1-2H3. The Kier molecular flexibility index (Phi) is 4.08. The molecule has 0 spiro atoms. The number of hydrogen-bond donors (Lipinski definition) is 1. The van der Waals surface area contributed by atoms with Crippen molar-refractivity contribution in [2.24, 2.45) is 5.92 Å². The second-order valence-electron chi connectivity index (χ2n) is 6.04. The molecule has 1 saturated heterocycles. The molecule has 1 aliphatic heterocycles. The van der Waals surface area contributed by atoms with E-state index in [-0.39, 0.29) is 0 Å². The first-order valence-corrected chi connectivity index (χ1v) is 7.60. The van der Waals surface area contributed by atoms with Crippen molar-refractivity contribution in [3.63, 3.8) is 0 Å². The molecule has 108 valence electrons. The molecule has 1 unspecified atom stereocenters. The van der Waals surface area contributed by atoms with Gasteiger partial charge < -0.3 is 14.6 Å². The van der Waals surface area contributed by atoms with E-state index in [0.29, 0.717) is 0 Å². The molecule has 3 rings (SSSR count). The molecule has 0 bridgehead atoms. The van der Waals surface area contributed by atoms with Gasteiger partial charge >= 0.3 is 0 Å². The highest BCUT2D eigenvalue weighted by atomic mass is 16.3. The van der Waals surface area contributed by atoms with Crippen molar-refractivity contribution in [2.45, 2.75) is 26.3 Å². The van der Waals surface area contributed by atoms with Crippen LogP contribution in [0.4, 0.5) is 0 Å². The summed E-state index contributed by atoms with van der Waals surface area (Å²) in [4.78, 5) is 2.43. The molecule has 0 radical (unpaired) electrons. The highest BCUT2D eigenvalue weighted by molar-refractivity contribution is 5.82. The van der Waals surface area contributed by atoms with Crippen LogP contribution < -0.4 is 5.32 Å². The number of nitrogens with one attached hydrogen (secondary N) is 1. The number of benzene rings is 1. The van der Waals surface area contributed by atoms with E-state index in [1.807, 2.05) is 6.07 Å². The van der Waals surface area contributed by atoms with Gasteiger partial charge in [-0.25, -0.2) is 0 Å². The summed E-state index contributed by atoms with van der Waals surface area (Å²) in [6.07, 6.45) is 2.66. The largest absolute Gasteiger partial charge is 0.461 e. The van der Waals surface area contributed by atoms with E-state index in [2.05, 4.69) is 42.4 Å². The first kappa shape index (κ1) is 13.7. The maximum atomic E-state index is 5.85. The van der Waals surface area contributed by atoms with Crippen LogP contribution in [0.25, 0.3) is 11.0 Å². The predicted molar refractivity (Wildman–Crippen MR) is 82.9 cm³/mol. The van der Waals surface area contributed by atoms with Crippen LogP contribution in [0.5, 0.6) is 0 Å². The average molecular weight is 272 g/mol. The summed E-state index contributed by atoms with van der Waals surface area (Å²) >= 11 is 0. The molecule has 20 heavy (non-hydrogen) atoms. The fourth-order valence-electron chi connectivity index (χ4n) is 3.27. The molecule has 1 atom stereocenters. The Bertz CT molecular complexity index is 569. The van der Waals surface area contributed by atoms with Crippen LogP contribution in [-0.4, -0.2) is 31.6 Å². The van der Waals surface area contributed by atoms with Gasteiger partial charge in [-0.15, -0.1) is 0 Å². The van der Waals surface area contributed by atoms with Gasteiger partial charge in [0.25, 0.3) is 0 Å². The summed E-state index contributed by atoms with van der Waals surface area (Å²) in [6.45, 7) is 6.55. The Morgan fingerprint density at radius 1 is 1.35 bits per heavy atom. The van der Waals surface area contributed by atoms with Gasteiger partial charge in [0.1, 0.15) is 11.3 Å². The first-order valence-electron chi connectivity index (χ1n) is 7.60. The van der Waals surface area contributed by atoms with E-state index in [0.717, 1.165) is 36.9 Å². The molecule has 0 aliphatic carbocycles. The highest BCUT2D eigenvalue weighted by Gasteiger charge is 2.17. The zero-order valence-corrected chi connectivity index (χ0v) is 12.5. The number of fused-ring (bicyclic) bond motifs is 1. The minimum Gasteiger partial charge on any atom is -0.461 e. The van der Waals surface area contributed by atoms with Gasteiger partial charge in [0, 0.05) is 24.0 Å². The molecule has 1 aliphatic rings. The molecule has 1 N–H and O–H groups in total. The van der Waals surface area contributed by atoms with Gasteiger partial charge in [-0.3, -0.25) is 0 Å². The van der Waals surface area contributed by atoms with Crippen LogP contribution in [0, 0.1) is 12.8 Å². The maximum absolute atomic E-state index is 5.85. The molecule has 0 saturated carbocycles. The first-order chi connectivity index (χ1) is 9.74. The van der Waals surface area contributed by atoms with Gasteiger partial charge in [-0.1, -0.05) is 18.2 Å². The summed E-state index contributed by atoms with van der Waals surface area (Å²) in [5.74, 6) is 1.84. The quantitative estimate of drug-likeness (QED) is 0.926. The number of aryl methyl sites for hydroxylation is 1. The fraction of sp³-hybridized carbons (Fsp3) is 0.529. The lowest BCUT2D eigenvalue weighted by molar-refractivity contribution is 0.237. The molecule has 1 aromatic carbocycles. The van der Waals surface area contributed by atoms with Crippen LogP contribution >= 0.6 is 0 Å². The number of furan rings is 1. The molecule has 1 fully saturated rings. The number of para-hydroxylation sites is 1. The average Bonchev–Trinajstić information content (AvgIpc) is 2.76. The lowest BCUT2D eigenvalue weighted by atomic mass is 9.99. The Labute approximate surface area is 120 Å². The number of hydrogen-bond acceptors (Lipinski definition) is 3. The molecule has 3 nitrogen and oxygen atoms in total. The van der Waals surface area contributed by atoms with Gasteiger partial charge in [0.05, 0.1) is 0 Å². The third kappa shape index (κ3) is 2.89. The maximum Gasteiger partial charge on any atom is 0.134 e. The summed E-state index contributed by atoms with van der Waals surface area (Å²) in [5, 5.41) is 4.76. The van der Waals surface area contributed by atoms with Crippen molar-refractivity contribution >= 4 is 11.0 Å². The van der Waals surface area contributed by atoms with Crippen molar-refractivity contribution in [2.75, 3.05) is 26.7 Å². The Hall–Kier alpha value is -1.32. The minimum atomic E-state index is 0.784. The monoisotopic (exact) mass is 272 g/mol. The summed E-state index contributed by atoms with van der Waals surface area (Å²) < 4.78 is 5.85. The van der Waals surface area contributed by atoms with Crippen molar-refractivity contribution in [1.29, 1.82) is 0 Å². The van der Waals surface area contributed by atoms with Crippen LogP contribution in [0.2, 0.25) is 0 Å². The Balaban J connectivity index is 1.70. The smallest absolute Gasteiger partial charge is 0.134 e. The lowest BCUT2D eigenvalue weighted by Gasteiger charge is -2.27. The van der Waals surface area contributed by atoms with Crippen LogP contribution in [0.15, 0.2) is 28.7 Å². The summed E-state index contributed by atoms with van der Waals surface area (Å²) in [7, 11) is 2.22. The zero-order valence-electron chi connectivity index (χ0n) is 12.5. The van der Waals surface area contributed by atoms with Gasteiger partial charge in [-0.2, -0.15) is 0 Å². The minimum absolute atomic E-state index is 0.784. The van der Waals surface area contributed by atoms with E-state index in [1.54, 1.807) is 0 Å². The van der Waals surface area contributed by atoms with E-state index < -0.39 is 0 Å². The normalized spacial score (nSPS) is 19.9. The highest BCUT2D eigenvalue weighted by Crippen LogP contribution is 2.26.